The van der Waals surface area contributed by atoms with E-state index >= 15 is 0 Å². The van der Waals surface area contributed by atoms with E-state index in [1.807, 2.05) is 30.3 Å². The number of rotatable bonds is 7. The number of carbonyl (C=O) groups excluding carboxylic acids is 1. The van der Waals surface area contributed by atoms with Crippen molar-refractivity contribution < 1.29 is 4.79 Å². The van der Waals surface area contributed by atoms with Crippen molar-refractivity contribution >= 4 is 11.9 Å². The minimum absolute atomic E-state index is 0.121. The van der Waals surface area contributed by atoms with Crippen LogP contribution < -0.4 is 11.4 Å². The third-order valence-electron chi connectivity index (χ3n) is 4.43. The second-order valence-corrected chi connectivity index (χ2v) is 6.57. The maximum atomic E-state index is 12.6. The van der Waals surface area contributed by atoms with Crippen molar-refractivity contribution in [3.63, 3.8) is 0 Å². The zero-order valence-corrected chi connectivity index (χ0v) is 15.9. The summed E-state index contributed by atoms with van der Waals surface area (Å²) in [4.78, 5) is 34.4. The standard InChI is InChI=1S/C19H23N7O2/c1-14-23-26(19(28)25(14)9-8-15-6-4-3-5-7-15)13-17(27)24(2)12-16-10-21-18(20)22-11-16/h3-7,10-11H,8-9,12-13H2,1-2H3,(H2,20,21,22). The number of benzene rings is 1. The molecule has 0 aliphatic rings. The van der Waals surface area contributed by atoms with Gasteiger partial charge in [0, 0.05) is 38.1 Å². The van der Waals surface area contributed by atoms with Gasteiger partial charge in [-0.05, 0) is 18.9 Å². The van der Waals surface area contributed by atoms with Gasteiger partial charge in [-0.15, -0.1) is 0 Å². The van der Waals surface area contributed by atoms with E-state index in [0.717, 1.165) is 17.5 Å². The molecule has 0 radical (unpaired) electrons. The van der Waals surface area contributed by atoms with Crippen molar-refractivity contribution in [2.24, 2.45) is 0 Å². The van der Waals surface area contributed by atoms with Crippen LogP contribution in [0.15, 0.2) is 47.5 Å². The zero-order chi connectivity index (χ0) is 20.1. The van der Waals surface area contributed by atoms with Crippen LogP contribution in [0.1, 0.15) is 17.0 Å². The molecule has 0 bridgehead atoms. The highest BCUT2D eigenvalue weighted by molar-refractivity contribution is 5.75. The van der Waals surface area contributed by atoms with Crippen molar-refractivity contribution in [1.29, 1.82) is 0 Å². The molecule has 3 aromatic rings. The topological polar surface area (TPSA) is 112 Å². The molecule has 28 heavy (non-hydrogen) atoms. The molecule has 0 saturated carbocycles. The van der Waals surface area contributed by atoms with E-state index in [0.29, 0.717) is 18.9 Å². The molecule has 0 aliphatic heterocycles. The van der Waals surface area contributed by atoms with Gasteiger partial charge in [0.05, 0.1) is 0 Å². The first-order valence-corrected chi connectivity index (χ1v) is 8.92. The fourth-order valence-electron chi connectivity index (χ4n) is 2.85. The predicted octanol–water partition coefficient (Wildman–Crippen LogP) is 0.627. The van der Waals surface area contributed by atoms with E-state index in [2.05, 4.69) is 15.1 Å². The third-order valence-corrected chi connectivity index (χ3v) is 4.43. The lowest BCUT2D eigenvalue weighted by Gasteiger charge is -2.16. The molecule has 2 heterocycles. The van der Waals surface area contributed by atoms with Crippen LogP contribution in [0.4, 0.5) is 5.95 Å². The lowest BCUT2D eigenvalue weighted by Crippen LogP contribution is -2.35. The van der Waals surface area contributed by atoms with Crippen LogP contribution in [0.5, 0.6) is 0 Å². The molecule has 146 valence electrons. The molecule has 0 unspecified atom stereocenters. The van der Waals surface area contributed by atoms with E-state index in [1.54, 1.807) is 30.9 Å². The molecule has 1 aromatic carbocycles. The van der Waals surface area contributed by atoms with Crippen LogP contribution in [0.25, 0.3) is 0 Å². The highest BCUT2D eigenvalue weighted by Crippen LogP contribution is 2.04. The monoisotopic (exact) mass is 381 g/mol. The summed E-state index contributed by atoms with van der Waals surface area (Å²) in [5.41, 5.74) is 7.07. The minimum Gasteiger partial charge on any atom is -0.368 e. The van der Waals surface area contributed by atoms with Gasteiger partial charge in [-0.1, -0.05) is 30.3 Å². The lowest BCUT2D eigenvalue weighted by molar-refractivity contribution is -0.131. The van der Waals surface area contributed by atoms with Crippen LogP contribution in [0.3, 0.4) is 0 Å². The normalized spacial score (nSPS) is 10.8. The van der Waals surface area contributed by atoms with Gasteiger partial charge in [0.15, 0.2) is 0 Å². The van der Waals surface area contributed by atoms with Gasteiger partial charge in [-0.2, -0.15) is 5.10 Å². The lowest BCUT2D eigenvalue weighted by atomic mass is 10.1. The molecule has 0 saturated heterocycles. The number of anilines is 1. The van der Waals surface area contributed by atoms with Crippen molar-refractivity contribution in [3.05, 3.63) is 70.2 Å². The molecule has 9 heteroatoms. The molecule has 2 N–H and O–H groups in total. The van der Waals surface area contributed by atoms with Gasteiger partial charge in [0.25, 0.3) is 0 Å². The number of nitrogens with zero attached hydrogens (tertiary/aromatic N) is 6. The largest absolute Gasteiger partial charge is 0.368 e. The van der Waals surface area contributed by atoms with Gasteiger partial charge >= 0.3 is 5.69 Å². The third kappa shape index (κ3) is 4.61. The van der Waals surface area contributed by atoms with E-state index < -0.39 is 0 Å². The number of nitrogen functional groups attached to an aromatic ring is 1. The zero-order valence-electron chi connectivity index (χ0n) is 15.9. The summed E-state index contributed by atoms with van der Waals surface area (Å²) in [5.74, 6) is 0.538. The molecule has 0 aliphatic carbocycles. The number of nitrogens with two attached hydrogens (primary N) is 1. The highest BCUT2D eigenvalue weighted by atomic mass is 16.2. The summed E-state index contributed by atoms with van der Waals surface area (Å²) in [6, 6.07) is 9.93. The number of likely N-dealkylation sites (N-methyl/N-ethyl adjacent to an activating group) is 1. The summed E-state index contributed by atoms with van der Waals surface area (Å²) in [6.07, 6.45) is 3.86. The first kappa shape index (κ1) is 19.3. The molecule has 0 spiro atoms. The van der Waals surface area contributed by atoms with Gasteiger partial charge in [0.1, 0.15) is 12.4 Å². The first-order chi connectivity index (χ1) is 13.4. The molecule has 2 aromatic heterocycles. The predicted molar refractivity (Wildman–Crippen MR) is 104 cm³/mol. The number of hydrogen-bond donors (Lipinski definition) is 1. The average Bonchev–Trinajstić information content (AvgIpc) is 2.95. The number of hydrogen-bond acceptors (Lipinski definition) is 6. The van der Waals surface area contributed by atoms with Gasteiger partial charge < -0.3 is 10.6 Å². The van der Waals surface area contributed by atoms with Crippen LogP contribution >= 0.6 is 0 Å². The smallest absolute Gasteiger partial charge is 0.346 e. The van der Waals surface area contributed by atoms with Gasteiger partial charge in [-0.25, -0.2) is 19.4 Å². The Hall–Kier alpha value is -3.49. The summed E-state index contributed by atoms with van der Waals surface area (Å²) in [5, 5.41) is 4.24. The molecular formula is C19H23N7O2. The molecular weight excluding hydrogens is 358 g/mol. The molecule has 0 fully saturated rings. The van der Waals surface area contributed by atoms with Gasteiger partial charge in [0.2, 0.25) is 11.9 Å². The van der Waals surface area contributed by atoms with E-state index in [9.17, 15) is 9.59 Å². The van der Waals surface area contributed by atoms with Crippen LogP contribution in [0, 0.1) is 6.92 Å². The quantitative estimate of drug-likeness (QED) is 0.642. The van der Waals surface area contributed by atoms with Crippen LogP contribution in [-0.4, -0.2) is 42.2 Å². The Morgan fingerprint density at radius 3 is 2.50 bits per heavy atom. The SMILES string of the molecule is Cc1nn(CC(=O)N(C)Cc2cnc(N)nc2)c(=O)n1CCc1ccccc1. The number of amides is 1. The summed E-state index contributed by atoms with van der Waals surface area (Å²) in [6.45, 7) is 2.48. The Bertz CT molecular complexity index is 993. The maximum Gasteiger partial charge on any atom is 0.346 e. The molecule has 0 atom stereocenters. The molecule has 9 nitrogen and oxygen atoms in total. The number of carbonyl (C=O) groups is 1. The number of aromatic nitrogens is 5. The van der Waals surface area contributed by atoms with Crippen molar-refractivity contribution in [1.82, 2.24) is 29.2 Å². The first-order valence-electron chi connectivity index (χ1n) is 8.92. The second-order valence-electron chi connectivity index (χ2n) is 6.57. The van der Waals surface area contributed by atoms with E-state index in [4.69, 9.17) is 5.73 Å². The Labute approximate surface area is 162 Å². The minimum atomic E-state index is -0.286. The van der Waals surface area contributed by atoms with Crippen LogP contribution in [0.2, 0.25) is 0 Å². The second kappa shape index (κ2) is 8.47. The average molecular weight is 381 g/mol. The maximum absolute atomic E-state index is 12.6. The fourth-order valence-corrected chi connectivity index (χ4v) is 2.85. The Morgan fingerprint density at radius 1 is 1.14 bits per heavy atom. The fraction of sp³-hybridized carbons (Fsp3) is 0.316. The van der Waals surface area contributed by atoms with E-state index in [-0.39, 0.29) is 24.1 Å². The highest BCUT2D eigenvalue weighted by Gasteiger charge is 2.16. The van der Waals surface area contributed by atoms with Crippen molar-refractivity contribution in [2.75, 3.05) is 12.8 Å². The van der Waals surface area contributed by atoms with Crippen molar-refractivity contribution in [2.45, 2.75) is 33.0 Å². The van der Waals surface area contributed by atoms with Crippen LogP contribution in [-0.2, 0) is 30.8 Å². The van der Waals surface area contributed by atoms with E-state index in [1.165, 1.54) is 9.58 Å². The summed E-state index contributed by atoms with van der Waals surface area (Å²) in [7, 11) is 1.66. The molecule has 1 amide bonds. The Morgan fingerprint density at radius 2 is 1.82 bits per heavy atom. The summed E-state index contributed by atoms with van der Waals surface area (Å²) >= 11 is 0. The molecule has 3 rings (SSSR count). The Kier molecular flexibility index (Phi) is 5.83. The number of aryl methyl sites for hydroxylation is 2. The summed E-state index contributed by atoms with van der Waals surface area (Å²) < 4.78 is 2.80. The Balaban J connectivity index is 1.64. The van der Waals surface area contributed by atoms with Gasteiger partial charge in [-0.3, -0.25) is 9.36 Å². The van der Waals surface area contributed by atoms with Crippen molar-refractivity contribution in [3.8, 4) is 0 Å².